The molecule has 0 saturated heterocycles. The molecule has 0 aliphatic carbocycles. The van der Waals surface area contributed by atoms with Crippen LogP contribution >= 0.6 is 11.3 Å². The first-order chi connectivity index (χ1) is 13.9. The van der Waals surface area contributed by atoms with Crippen molar-refractivity contribution in [2.24, 2.45) is 10.9 Å². The number of carbonyl (C=O) groups is 1. The Labute approximate surface area is 169 Å². The van der Waals surface area contributed by atoms with Crippen LogP contribution in [0.25, 0.3) is 6.08 Å². The average Bonchev–Trinajstić information content (AvgIpc) is 2.94. The van der Waals surface area contributed by atoms with Gasteiger partial charge in [0.05, 0.1) is 10.6 Å². The maximum absolute atomic E-state index is 13.6. The van der Waals surface area contributed by atoms with Crippen LogP contribution in [0.15, 0.2) is 58.3 Å². The third kappa shape index (κ3) is 2.68. The number of fused-ring (bicyclic) bond motifs is 6. The summed E-state index contributed by atoms with van der Waals surface area (Å²) >= 11 is 1.22. The van der Waals surface area contributed by atoms with Crippen LogP contribution < -0.4 is 19.6 Å². The Kier molecular flexibility index (Phi) is 3.86. The van der Waals surface area contributed by atoms with Gasteiger partial charge in [0.2, 0.25) is 5.72 Å². The Balaban J connectivity index is 1.81. The highest BCUT2D eigenvalue weighted by molar-refractivity contribution is 7.07. The third-order valence-corrected chi connectivity index (χ3v) is 6.45. The van der Waals surface area contributed by atoms with Gasteiger partial charge in [0.15, 0.2) is 4.80 Å². The van der Waals surface area contributed by atoms with Crippen molar-refractivity contribution in [2.75, 3.05) is 0 Å². The second kappa shape index (κ2) is 6.22. The lowest BCUT2D eigenvalue weighted by atomic mass is 9.79. The molecule has 2 aromatic carbocycles. The summed E-state index contributed by atoms with van der Waals surface area (Å²) in [7, 11) is 0. The highest BCUT2D eigenvalue weighted by atomic mass is 32.1. The van der Waals surface area contributed by atoms with Crippen molar-refractivity contribution >= 4 is 23.2 Å². The minimum Gasteiger partial charge on any atom is -0.465 e. The summed E-state index contributed by atoms with van der Waals surface area (Å²) < 4.78 is 21.7. The molecule has 0 amide bonds. The minimum absolute atomic E-state index is 0.0878. The summed E-state index contributed by atoms with van der Waals surface area (Å²) in [6.45, 7) is 3.29. The number of carbonyl (C=O) groups excluding carboxylic acids is 1. The van der Waals surface area contributed by atoms with Crippen molar-refractivity contribution in [3.8, 4) is 5.75 Å². The third-order valence-electron chi connectivity index (χ3n) is 5.46. The lowest BCUT2D eigenvalue weighted by Gasteiger charge is -2.45. The van der Waals surface area contributed by atoms with Gasteiger partial charge in [0.25, 0.3) is 5.56 Å². The molecule has 5 nitrogen and oxygen atoms in total. The van der Waals surface area contributed by atoms with Crippen LogP contribution in [0, 0.1) is 11.7 Å². The smallest absolute Gasteiger partial charge is 0.270 e. The van der Waals surface area contributed by atoms with Crippen molar-refractivity contribution in [1.82, 2.24) is 4.57 Å². The molecule has 0 radical (unpaired) electrons. The van der Waals surface area contributed by atoms with Gasteiger partial charge in [-0.05, 0) is 43.7 Å². The first kappa shape index (κ1) is 18.0. The monoisotopic (exact) mass is 408 g/mol. The van der Waals surface area contributed by atoms with E-state index in [0.29, 0.717) is 20.6 Å². The summed E-state index contributed by atoms with van der Waals surface area (Å²) in [5, 5.41) is 0. The minimum atomic E-state index is -1.09. The number of thiazole rings is 1. The molecule has 3 heterocycles. The standard InChI is InChI=1S/C22H17FN2O3S/c1-12(26)18-19-15-8-3-4-9-16(15)28-22(18,2)24-21-25(19)20(27)17(29-21)11-13-6-5-7-14(23)10-13/h3-11,18-19H,1-2H3/b17-11-/t18-,19-,22+/m1/s1. The van der Waals surface area contributed by atoms with Crippen LogP contribution in [0.1, 0.15) is 31.0 Å². The van der Waals surface area contributed by atoms with Crippen LogP contribution in [0.2, 0.25) is 0 Å². The zero-order chi connectivity index (χ0) is 20.3. The first-order valence-electron chi connectivity index (χ1n) is 9.24. The Morgan fingerprint density at radius 3 is 2.83 bits per heavy atom. The zero-order valence-corrected chi connectivity index (χ0v) is 16.6. The number of hydrogen-bond donors (Lipinski definition) is 0. The molecule has 0 unspecified atom stereocenters. The van der Waals surface area contributed by atoms with E-state index in [1.165, 1.54) is 30.4 Å². The number of ether oxygens (including phenoxy) is 1. The molecule has 1 aromatic heterocycles. The molecule has 0 spiro atoms. The second-order valence-corrected chi connectivity index (χ2v) is 8.47. The normalized spacial score (nSPS) is 24.9. The summed E-state index contributed by atoms with van der Waals surface area (Å²) in [5.41, 5.74) is 0.0555. The number of ketones is 1. The van der Waals surface area contributed by atoms with E-state index in [4.69, 9.17) is 4.74 Å². The Morgan fingerprint density at radius 2 is 2.07 bits per heavy atom. The number of benzene rings is 2. The van der Waals surface area contributed by atoms with Crippen molar-refractivity contribution in [3.05, 3.63) is 85.2 Å². The summed E-state index contributed by atoms with van der Waals surface area (Å²) in [6, 6.07) is 13.0. The fourth-order valence-corrected chi connectivity index (χ4v) is 5.40. The first-order valence-corrected chi connectivity index (χ1v) is 10.1. The van der Waals surface area contributed by atoms with E-state index in [1.54, 1.807) is 29.7 Å². The number of aromatic nitrogens is 1. The maximum atomic E-state index is 13.6. The molecule has 2 aliphatic heterocycles. The Hall–Kier alpha value is -3.06. The highest BCUT2D eigenvalue weighted by Crippen LogP contribution is 2.47. The van der Waals surface area contributed by atoms with E-state index in [0.717, 1.165) is 5.56 Å². The molecule has 2 aliphatic rings. The molecule has 2 bridgehead atoms. The van der Waals surface area contributed by atoms with E-state index in [9.17, 15) is 14.0 Å². The second-order valence-electron chi connectivity index (χ2n) is 7.46. The average molecular weight is 408 g/mol. The largest absolute Gasteiger partial charge is 0.465 e. The van der Waals surface area contributed by atoms with Crippen molar-refractivity contribution in [2.45, 2.75) is 25.6 Å². The van der Waals surface area contributed by atoms with E-state index in [2.05, 4.69) is 4.99 Å². The van der Waals surface area contributed by atoms with Gasteiger partial charge in [-0.3, -0.25) is 14.2 Å². The molecule has 0 N–H and O–H groups in total. The predicted molar refractivity (Wildman–Crippen MR) is 107 cm³/mol. The van der Waals surface area contributed by atoms with E-state index >= 15 is 0 Å². The summed E-state index contributed by atoms with van der Waals surface area (Å²) in [4.78, 5) is 31.1. The fraction of sp³-hybridized carbons (Fsp3) is 0.227. The fourth-order valence-electron chi connectivity index (χ4n) is 4.30. The molecule has 3 atom stereocenters. The number of Topliss-reactive ketones (excluding diaryl/α,β-unsaturated/α-hetero) is 1. The van der Waals surface area contributed by atoms with Gasteiger partial charge >= 0.3 is 0 Å². The molecule has 3 aromatic rings. The van der Waals surface area contributed by atoms with E-state index in [1.807, 2.05) is 24.3 Å². The molecule has 7 heteroatoms. The molecule has 146 valence electrons. The lowest BCUT2D eigenvalue weighted by Crippen LogP contribution is -2.58. The number of halogens is 1. The maximum Gasteiger partial charge on any atom is 0.270 e. The molecular weight excluding hydrogens is 391 g/mol. The van der Waals surface area contributed by atoms with E-state index < -0.39 is 17.7 Å². The van der Waals surface area contributed by atoms with Crippen LogP contribution in [0.4, 0.5) is 4.39 Å². The van der Waals surface area contributed by atoms with Crippen LogP contribution in [-0.2, 0) is 4.79 Å². The van der Waals surface area contributed by atoms with Crippen LogP contribution in [-0.4, -0.2) is 16.1 Å². The van der Waals surface area contributed by atoms with Gasteiger partial charge in [-0.2, -0.15) is 0 Å². The van der Waals surface area contributed by atoms with Crippen LogP contribution in [0.3, 0.4) is 0 Å². The molecule has 5 rings (SSSR count). The number of para-hydroxylation sites is 1. The molecule has 29 heavy (non-hydrogen) atoms. The number of nitrogens with zero attached hydrogens (tertiary/aromatic N) is 2. The highest BCUT2D eigenvalue weighted by Gasteiger charge is 2.53. The quantitative estimate of drug-likeness (QED) is 0.654. The van der Waals surface area contributed by atoms with Crippen LogP contribution in [0.5, 0.6) is 5.75 Å². The zero-order valence-electron chi connectivity index (χ0n) is 15.8. The van der Waals surface area contributed by atoms with Crippen molar-refractivity contribution in [3.63, 3.8) is 0 Å². The molecule has 0 fully saturated rings. The van der Waals surface area contributed by atoms with Gasteiger partial charge in [-0.1, -0.05) is 41.7 Å². The molecular formula is C22H17FN2O3S. The van der Waals surface area contributed by atoms with E-state index in [-0.39, 0.29) is 17.2 Å². The lowest BCUT2D eigenvalue weighted by molar-refractivity contribution is -0.132. The Bertz CT molecular complexity index is 1340. The van der Waals surface area contributed by atoms with Gasteiger partial charge < -0.3 is 4.74 Å². The van der Waals surface area contributed by atoms with Gasteiger partial charge in [-0.25, -0.2) is 9.38 Å². The topological polar surface area (TPSA) is 60.7 Å². The number of rotatable bonds is 2. The summed E-state index contributed by atoms with van der Waals surface area (Å²) in [5.74, 6) is -0.442. The predicted octanol–water partition coefficient (Wildman–Crippen LogP) is 2.41. The SMILES string of the molecule is CC(=O)[C@@H]1[C@H]2c3ccccc3O[C@]1(C)N=c1s/c(=C\c3cccc(F)c3)c(=O)n12. The van der Waals surface area contributed by atoms with Gasteiger partial charge in [0.1, 0.15) is 23.3 Å². The van der Waals surface area contributed by atoms with Crippen molar-refractivity contribution in [1.29, 1.82) is 0 Å². The van der Waals surface area contributed by atoms with Crippen molar-refractivity contribution < 1.29 is 13.9 Å². The Morgan fingerprint density at radius 1 is 1.28 bits per heavy atom. The van der Waals surface area contributed by atoms with Gasteiger partial charge in [0, 0.05) is 5.56 Å². The van der Waals surface area contributed by atoms with Gasteiger partial charge in [-0.15, -0.1) is 0 Å². The molecule has 0 saturated carbocycles. The summed E-state index contributed by atoms with van der Waals surface area (Å²) in [6.07, 6.45) is 1.65. The number of hydrogen-bond acceptors (Lipinski definition) is 5.